The van der Waals surface area contributed by atoms with Gasteiger partial charge < -0.3 is 4.74 Å². The zero-order chi connectivity index (χ0) is 22.1. The van der Waals surface area contributed by atoms with Gasteiger partial charge in [-0.1, -0.05) is 42.5 Å². The molecule has 8 nitrogen and oxygen atoms in total. The van der Waals surface area contributed by atoms with E-state index in [1.54, 1.807) is 13.2 Å². The molecule has 1 aromatic heterocycles. The average Bonchev–Trinajstić information content (AvgIpc) is 2.72. The van der Waals surface area contributed by atoms with E-state index in [-0.39, 0.29) is 9.92 Å². The summed E-state index contributed by atoms with van der Waals surface area (Å²) in [4.78, 5) is 11.8. The maximum atomic E-state index is 11.3. The normalized spacial score (nSPS) is 11.0. The molecular formula is C20H16ClNO7S. The van der Waals surface area contributed by atoms with E-state index >= 15 is 0 Å². The smallest absolute Gasteiger partial charge is 0.497 e. The van der Waals surface area contributed by atoms with E-state index in [9.17, 15) is 10.1 Å². The molecule has 156 valence electrons. The molecule has 30 heavy (non-hydrogen) atoms. The lowest BCUT2D eigenvalue weighted by molar-refractivity contribution is -2.00. The number of nitrogens with zero attached hydrogens (tertiary/aromatic N) is 1. The standard InChI is InChI=1S/C20H16NO3S.ClHO4/c1-24-18-11-9-15(10-12-18)7-8-16-13-19(17-5-3-2-4-6-17)25-20(14-16)21(22)23;2-1(3,4)5/h2-14H,1H3;(H,2,3,4,5)/q+1;/p-1. The van der Waals surface area contributed by atoms with E-state index in [1.807, 2.05) is 72.8 Å². The van der Waals surface area contributed by atoms with Gasteiger partial charge in [-0.2, -0.15) is 0 Å². The topological polar surface area (TPSA) is 145 Å². The number of benzene rings is 2. The third kappa shape index (κ3) is 8.21. The summed E-state index contributed by atoms with van der Waals surface area (Å²) in [5.41, 5.74) is 2.76. The quantitative estimate of drug-likeness (QED) is 0.321. The first kappa shape index (κ1) is 23.4. The van der Waals surface area contributed by atoms with E-state index in [0.29, 0.717) is 0 Å². The van der Waals surface area contributed by atoms with Crippen LogP contribution >= 0.6 is 11.3 Å². The van der Waals surface area contributed by atoms with Gasteiger partial charge in [0.05, 0.1) is 13.2 Å². The third-order valence-electron chi connectivity index (χ3n) is 3.62. The summed E-state index contributed by atoms with van der Waals surface area (Å²) in [6, 6.07) is 20.9. The zero-order valence-electron chi connectivity index (χ0n) is 15.6. The molecule has 0 saturated carbocycles. The van der Waals surface area contributed by atoms with Gasteiger partial charge in [0.1, 0.15) is 10.7 Å². The summed E-state index contributed by atoms with van der Waals surface area (Å²) in [5.74, 6) is 0.792. The molecule has 0 amide bonds. The van der Waals surface area contributed by atoms with Crippen molar-refractivity contribution in [3.05, 3.63) is 88.0 Å². The third-order valence-corrected chi connectivity index (χ3v) is 4.67. The Morgan fingerprint density at radius 2 is 1.47 bits per heavy atom. The molecule has 0 aliphatic heterocycles. The van der Waals surface area contributed by atoms with Gasteiger partial charge in [-0.05, 0) is 35.4 Å². The second-order valence-electron chi connectivity index (χ2n) is 5.70. The molecule has 0 N–H and O–H groups in total. The fraction of sp³-hybridized carbons (Fsp3) is 0.0500. The van der Waals surface area contributed by atoms with Crippen LogP contribution in [0.25, 0.3) is 22.6 Å². The summed E-state index contributed by atoms with van der Waals surface area (Å²) in [6.45, 7) is 0. The molecule has 0 aliphatic rings. The maximum Gasteiger partial charge on any atom is 0.517 e. The van der Waals surface area contributed by atoms with Crippen LogP contribution in [-0.2, 0) is 0 Å². The van der Waals surface area contributed by atoms with Crippen molar-refractivity contribution in [1.82, 2.24) is 0 Å². The van der Waals surface area contributed by atoms with E-state index in [4.69, 9.17) is 23.4 Å². The highest BCUT2D eigenvalue weighted by Crippen LogP contribution is 2.32. The first-order chi connectivity index (χ1) is 14.2. The Balaban J connectivity index is 0.000000575. The average molecular weight is 450 g/mol. The number of hydrogen-bond donors (Lipinski definition) is 0. The van der Waals surface area contributed by atoms with E-state index in [2.05, 4.69) is 0 Å². The van der Waals surface area contributed by atoms with Gasteiger partial charge in [0.25, 0.3) is 0 Å². The molecular weight excluding hydrogens is 434 g/mol. The molecule has 0 atom stereocenters. The molecule has 10 heteroatoms. The van der Waals surface area contributed by atoms with E-state index in [1.165, 1.54) is 11.3 Å². The van der Waals surface area contributed by atoms with Gasteiger partial charge in [-0.25, -0.2) is 18.6 Å². The first-order valence-electron chi connectivity index (χ1n) is 8.27. The van der Waals surface area contributed by atoms with E-state index < -0.39 is 10.2 Å². The lowest BCUT2D eigenvalue weighted by atomic mass is 10.1. The van der Waals surface area contributed by atoms with Crippen molar-refractivity contribution in [3.8, 4) is 16.2 Å². The molecule has 0 spiro atoms. The van der Waals surface area contributed by atoms with Gasteiger partial charge in [0.2, 0.25) is 4.88 Å². The van der Waals surface area contributed by atoms with Crippen LogP contribution < -0.4 is 23.4 Å². The summed E-state index contributed by atoms with van der Waals surface area (Å²) in [6.07, 6.45) is 3.81. The second-order valence-corrected chi connectivity index (χ2v) is 7.52. The minimum atomic E-state index is -4.94. The Kier molecular flexibility index (Phi) is 8.36. The van der Waals surface area contributed by atoms with Crippen LogP contribution in [0.15, 0.2) is 66.7 Å². The molecule has 2 aromatic carbocycles. The molecule has 0 aliphatic carbocycles. The first-order valence-corrected chi connectivity index (χ1v) is 10.3. The fourth-order valence-corrected chi connectivity index (χ4v) is 3.29. The molecule has 0 bridgehead atoms. The molecule has 0 saturated heterocycles. The molecule has 1 heterocycles. The number of methoxy groups -OCH3 is 1. The Bertz CT molecular complexity index is 1000. The number of rotatable bonds is 5. The highest BCUT2D eigenvalue weighted by atomic mass is 35.7. The van der Waals surface area contributed by atoms with Gasteiger partial charge in [0, 0.05) is 11.6 Å². The summed E-state index contributed by atoms with van der Waals surface area (Å²) in [7, 11) is -3.32. The van der Waals surface area contributed by atoms with Crippen LogP contribution in [0, 0.1) is 20.4 Å². The maximum absolute atomic E-state index is 11.3. The van der Waals surface area contributed by atoms with Crippen molar-refractivity contribution < 1.29 is 38.5 Å². The van der Waals surface area contributed by atoms with Crippen LogP contribution in [0.3, 0.4) is 0 Å². The largest absolute Gasteiger partial charge is 0.517 e. The van der Waals surface area contributed by atoms with Gasteiger partial charge in [-0.3, -0.25) is 10.1 Å². The van der Waals surface area contributed by atoms with Crippen LogP contribution in [0.1, 0.15) is 11.1 Å². The lowest BCUT2D eigenvalue weighted by Crippen LogP contribution is -2.68. The Labute approximate surface area is 178 Å². The van der Waals surface area contributed by atoms with E-state index in [0.717, 1.165) is 27.3 Å². The van der Waals surface area contributed by atoms with Crippen molar-refractivity contribution in [1.29, 1.82) is 0 Å². The molecule has 3 aromatic rings. The van der Waals surface area contributed by atoms with Crippen molar-refractivity contribution in [2.75, 3.05) is 7.11 Å². The number of hydrogen-bond acceptors (Lipinski definition) is 7. The van der Waals surface area contributed by atoms with Crippen molar-refractivity contribution >= 4 is 28.5 Å². The van der Waals surface area contributed by atoms with Crippen LogP contribution in [-0.4, -0.2) is 12.0 Å². The fourth-order valence-electron chi connectivity index (χ4n) is 2.35. The Hall–Kier alpha value is -2.92. The van der Waals surface area contributed by atoms with Gasteiger partial charge >= 0.3 is 16.3 Å². The highest BCUT2D eigenvalue weighted by Gasteiger charge is 2.24. The number of ether oxygens (including phenoxy) is 1. The highest BCUT2D eigenvalue weighted by molar-refractivity contribution is 7.18. The number of halogens is 1. The molecule has 3 rings (SSSR count). The molecule has 0 radical (unpaired) electrons. The molecule has 0 fully saturated rings. The SMILES string of the molecule is COc1ccc(C=Cc2cc(-c3ccccc3)[s+]c([N+](=O)[O-])c2)cc1.[O-][Cl+3]([O-])([O-])[O-]. The van der Waals surface area contributed by atoms with Crippen molar-refractivity contribution in [2.24, 2.45) is 0 Å². The lowest BCUT2D eigenvalue weighted by Gasteiger charge is -2.17. The van der Waals surface area contributed by atoms with Gasteiger partial charge in [0.15, 0.2) is 0 Å². The summed E-state index contributed by atoms with van der Waals surface area (Å²) in [5, 5.41) is 11.4. The van der Waals surface area contributed by atoms with Crippen LogP contribution in [0.2, 0.25) is 0 Å². The van der Waals surface area contributed by atoms with Crippen molar-refractivity contribution in [3.63, 3.8) is 0 Å². The summed E-state index contributed by atoms with van der Waals surface area (Å²) < 4.78 is 39.1. The predicted octanol–water partition coefficient (Wildman–Crippen LogP) is 1.03. The zero-order valence-corrected chi connectivity index (χ0v) is 17.2. The monoisotopic (exact) mass is 449 g/mol. The van der Waals surface area contributed by atoms with Crippen LogP contribution in [0.5, 0.6) is 5.75 Å². The second kappa shape index (κ2) is 10.7. The van der Waals surface area contributed by atoms with Crippen LogP contribution in [0.4, 0.5) is 5.00 Å². The predicted molar refractivity (Wildman–Crippen MR) is 103 cm³/mol. The Morgan fingerprint density at radius 1 is 0.900 bits per heavy atom. The molecule has 0 unspecified atom stereocenters. The number of nitro groups is 1. The van der Waals surface area contributed by atoms with Crippen molar-refractivity contribution in [2.45, 2.75) is 0 Å². The Morgan fingerprint density at radius 3 is 2.00 bits per heavy atom. The van der Waals surface area contributed by atoms with Gasteiger partial charge in [-0.15, -0.1) is 10.2 Å². The summed E-state index contributed by atoms with van der Waals surface area (Å²) >= 11 is 1.17. The minimum Gasteiger partial charge on any atom is -0.497 e. The minimum absolute atomic E-state index is 0.121.